The molecule has 0 amide bonds. The molecule has 6 heteroatoms. The van der Waals surface area contributed by atoms with Gasteiger partial charge >= 0.3 is 0 Å². The van der Waals surface area contributed by atoms with Crippen LogP contribution < -0.4 is 9.62 Å². The van der Waals surface area contributed by atoms with E-state index in [2.05, 4.69) is 20.7 Å². The molecule has 0 atom stereocenters. The summed E-state index contributed by atoms with van der Waals surface area (Å²) >= 11 is 0. The van der Waals surface area contributed by atoms with Gasteiger partial charge in [-0.05, 0) is 42.3 Å². The van der Waals surface area contributed by atoms with E-state index in [0.717, 1.165) is 42.4 Å². The summed E-state index contributed by atoms with van der Waals surface area (Å²) in [5.41, 5.74) is 1.13. The smallest absolute Gasteiger partial charge is 0.241 e. The highest BCUT2D eigenvalue weighted by atomic mass is 32.2. The summed E-state index contributed by atoms with van der Waals surface area (Å²) in [7, 11) is -3.53. The number of hydrogen-bond acceptors (Lipinski definition) is 4. The molecule has 0 spiro atoms. The van der Waals surface area contributed by atoms with Gasteiger partial charge in [0.2, 0.25) is 10.0 Å². The minimum atomic E-state index is -3.53. The molecule has 4 rings (SSSR count). The molecule has 2 aromatic carbocycles. The minimum Gasteiger partial charge on any atom is -0.370 e. The molecule has 1 aliphatic rings. The normalized spacial score (nSPS) is 15.9. The molecule has 0 bridgehead atoms. The molecule has 1 aliphatic heterocycles. The first-order valence-corrected chi connectivity index (χ1v) is 10.7. The highest BCUT2D eigenvalue weighted by molar-refractivity contribution is 7.89. The van der Waals surface area contributed by atoms with Gasteiger partial charge in [-0.1, -0.05) is 36.4 Å². The topological polar surface area (TPSA) is 62.3 Å². The van der Waals surface area contributed by atoms with Crippen LogP contribution in [0.5, 0.6) is 0 Å². The molecule has 27 heavy (non-hydrogen) atoms. The van der Waals surface area contributed by atoms with E-state index in [9.17, 15) is 8.42 Å². The van der Waals surface area contributed by atoms with E-state index in [-0.39, 0.29) is 0 Å². The third-order valence-electron chi connectivity index (χ3n) is 5.23. The van der Waals surface area contributed by atoms with Crippen LogP contribution in [0.3, 0.4) is 0 Å². The average Bonchev–Trinajstić information content (AvgIpc) is 2.73. The lowest BCUT2D eigenvalue weighted by molar-refractivity contribution is 0.402. The standard InChI is InChI=1S/C21H23N3O2S/c25-27(26,21-9-3-6-18-5-1-2-8-20(18)21)23-15-17-10-13-24(14-11-17)19-7-4-12-22-16-19/h1-9,12,16-17,23H,10-11,13-15H2. The zero-order valence-corrected chi connectivity index (χ0v) is 15.9. The van der Waals surface area contributed by atoms with Crippen LogP contribution in [0.1, 0.15) is 12.8 Å². The number of nitrogens with one attached hydrogen (secondary N) is 1. The maximum absolute atomic E-state index is 12.8. The lowest BCUT2D eigenvalue weighted by atomic mass is 9.97. The van der Waals surface area contributed by atoms with Crippen molar-refractivity contribution in [2.45, 2.75) is 17.7 Å². The van der Waals surface area contributed by atoms with Crippen LogP contribution in [-0.2, 0) is 10.0 Å². The number of sulfonamides is 1. The molecular weight excluding hydrogens is 358 g/mol. The van der Waals surface area contributed by atoms with Gasteiger partial charge in [0.25, 0.3) is 0 Å². The number of hydrogen-bond donors (Lipinski definition) is 1. The van der Waals surface area contributed by atoms with E-state index >= 15 is 0 Å². The Balaban J connectivity index is 1.40. The molecule has 5 nitrogen and oxygen atoms in total. The van der Waals surface area contributed by atoms with Crippen molar-refractivity contribution >= 4 is 26.5 Å². The summed E-state index contributed by atoms with van der Waals surface area (Å²) in [4.78, 5) is 6.84. The monoisotopic (exact) mass is 381 g/mol. The number of fused-ring (bicyclic) bond motifs is 1. The zero-order valence-electron chi connectivity index (χ0n) is 15.1. The maximum Gasteiger partial charge on any atom is 0.241 e. The van der Waals surface area contributed by atoms with Crippen LogP contribution in [0.15, 0.2) is 71.9 Å². The summed E-state index contributed by atoms with van der Waals surface area (Å²) in [6.45, 7) is 2.32. The fourth-order valence-electron chi connectivity index (χ4n) is 3.67. The second kappa shape index (κ2) is 7.66. The van der Waals surface area contributed by atoms with Crippen LogP contribution in [0.4, 0.5) is 5.69 Å². The summed E-state index contributed by atoms with van der Waals surface area (Å²) in [5.74, 6) is 0.350. The first kappa shape index (κ1) is 17.9. The Morgan fingerprint density at radius 1 is 1.00 bits per heavy atom. The predicted molar refractivity (Wildman–Crippen MR) is 108 cm³/mol. The lowest BCUT2D eigenvalue weighted by Crippen LogP contribution is -2.38. The molecule has 1 aromatic heterocycles. The van der Waals surface area contributed by atoms with E-state index < -0.39 is 10.0 Å². The number of anilines is 1. The van der Waals surface area contributed by atoms with Crippen molar-refractivity contribution in [3.05, 3.63) is 67.0 Å². The van der Waals surface area contributed by atoms with Crippen molar-refractivity contribution < 1.29 is 8.42 Å². The average molecular weight is 382 g/mol. The van der Waals surface area contributed by atoms with Crippen molar-refractivity contribution in [3.8, 4) is 0 Å². The van der Waals surface area contributed by atoms with Gasteiger partial charge in [-0.15, -0.1) is 0 Å². The van der Waals surface area contributed by atoms with E-state index in [0.29, 0.717) is 17.4 Å². The van der Waals surface area contributed by atoms with Gasteiger partial charge in [-0.25, -0.2) is 13.1 Å². The first-order chi connectivity index (χ1) is 13.1. The van der Waals surface area contributed by atoms with Gasteiger partial charge in [-0.2, -0.15) is 0 Å². The Morgan fingerprint density at radius 3 is 2.56 bits per heavy atom. The Labute approximate surface area is 160 Å². The molecule has 3 aromatic rings. The molecule has 1 N–H and O–H groups in total. The fourth-order valence-corrected chi connectivity index (χ4v) is 5.02. The third-order valence-corrected chi connectivity index (χ3v) is 6.71. The number of benzene rings is 2. The molecule has 0 saturated carbocycles. The highest BCUT2D eigenvalue weighted by Crippen LogP contribution is 2.25. The van der Waals surface area contributed by atoms with E-state index in [4.69, 9.17) is 0 Å². The zero-order chi connectivity index (χ0) is 18.7. The van der Waals surface area contributed by atoms with Crippen molar-refractivity contribution in [1.29, 1.82) is 0 Å². The molecule has 1 fully saturated rings. The van der Waals surface area contributed by atoms with Crippen LogP contribution in [0.25, 0.3) is 10.8 Å². The van der Waals surface area contributed by atoms with Crippen LogP contribution in [-0.4, -0.2) is 33.0 Å². The van der Waals surface area contributed by atoms with Crippen LogP contribution in [0.2, 0.25) is 0 Å². The van der Waals surface area contributed by atoms with E-state index in [1.54, 1.807) is 18.3 Å². The van der Waals surface area contributed by atoms with Gasteiger partial charge in [0.15, 0.2) is 0 Å². The maximum atomic E-state index is 12.8. The third kappa shape index (κ3) is 3.96. The van der Waals surface area contributed by atoms with Crippen molar-refractivity contribution in [2.24, 2.45) is 5.92 Å². The quantitative estimate of drug-likeness (QED) is 0.735. The molecule has 2 heterocycles. The van der Waals surface area contributed by atoms with Crippen molar-refractivity contribution in [1.82, 2.24) is 9.71 Å². The second-order valence-electron chi connectivity index (χ2n) is 6.97. The van der Waals surface area contributed by atoms with E-state index in [1.807, 2.05) is 42.6 Å². The number of piperidine rings is 1. The van der Waals surface area contributed by atoms with Crippen molar-refractivity contribution in [3.63, 3.8) is 0 Å². The molecule has 0 aliphatic carbocycles. The Bertz CT molecular complexity index is 1010. The first-order valence-electron chi connectivity index (χ1n) is 9.26. The second-order valence-corrected chi connectivity index (χ2v) is 8.71. The number of rotatable bonds is 5. The number of pyridine rings is 1. The van der Waals surface area contributed by atoms with Crippen LogP contribution >= 0.6 is 0 Å². The molecule has 140 valence electrons. The SMILES string of the molecule is O=S(=O)(NCC1CCN(c2cccnc2)CC1)c1cccc2ccccc12. The number of nitrogens with zero attached hydrogens (tertiary/aromatic N) is 2. The summed E-state index contributed by atoms with van der Waals surface area (Å²) in [6.07, 6.45) is 5.59. The molecule has 0 radical (unpaired) electrons. The van der Waals surface area contributed by atoms with Crippen molar-refractivity contribution in [2.75, 3.05) is 24.5 Å². The molecular formula is C21H23N3O2S. The van der Waals surface area contributed by atoms with Gasteiger partial charge in [-0.3, -0.25) is 4.98 Å². The Morgan fingerprint density at radius 2 is 1.78 bits per heavy atom. The Kier molecular flexibility index (Phi) is 5.09. The minimum absolute atomic E-state index is 0.350. The van der Waals surface area contributed by atoms with Gasteiger partial charge in [0.05, 0.1) is 16.8 Å². The summed E-state index contributed by atoms with van der Waals surface area (Å²) in [6, 6.07) is 17.0. The fraction of sp³-hybridized carbons (Fsp3) is 0.286. The van der Waals surface area contributed by atoms with Gasteiger partial charge < -0.3 is 4.90 Å². The van der Waals surface area contributed by atoms with Gasteiger partial charge in [0.1, 0.15) is 0 Å². The Hall–Kier alpha value is -2.44. The lowest BCUT2D eigenvalue weighted by Gasteiger charge is -2.33. The van der Waals surface area contributed by atoms with Gasteiger partial charge in [0, 0.05) is 31.2 Å². The summed E-state index contributed by atoms with van der Waals surface area (Å²) in [5, 5.41) is 1.70. The summed E-state index contributed by atoms with van der Waals surface area (Å²) < 4.78 is 28.5. The predicted octanol–water partition coefficient (Wildman–Crippen LogP) is 3.43. The number of aromatic nitrogens is 1. The highest BCUT2D eigenvalue weighted by Gasteiger charge is 2.23. The molecule has 0 unspecified atom stereocenters. The largest absolute Gasteiger partial charge is 0.370 e. The van der Waals surface area contributed by atoms with E-state index in [1.165, 1.54) is 0 Å². The van der Waals surface area contributed by atoms with Crippen LogP contribution in [0, 0.1) is 5.92 Å². The molecule has 1 saturated heterocycles.